The van der Waals surface area contributed by atoms with Crippen LogP contribution in [-0.2, 0) is 0 Å². The summed E-state index contributed by atoms with van der Waals surface area (Å²) in [5.74, 6) is 0.278. The van der Waals surface area contributed by atoms with Crippen LogP contribution in [0, 0.1) is 0 Å². The van der Waals surface area contributed by atoms with Gasteiger partial charge in [-0.1, -0.05) is 17.7 Å². The summed E-state index contributed by atoms with van der Waals surface area (Å²) in [5, 5.41) is 10.4. The molecule has 0 spiro atoms. The van der Waals surface area contributed by atoms with Crippen LogP contribution in [0.25, 0.3) is 0 Å². The molecule has 0 aliphatic heterocycles. The molecule has 0 aromatic heterocycles. The zero-order chi connectivity index (χ0) is 10.6. The molecule has 0 saturated heterocycles. The van der Waals surface area contributed by atoms with E-state index in [9.17, 15) is 5.11 Å². The van der Waals surface area contributed by atoms with Crippen molar-refractivity contribution in [1.82, 2.24) is 0 Å². The molecule has 0 bridgehead atoms. The van der Waals surface area contributed by atoms with E-state index in [-0.39, 0.29) is 11.8 Å². The molecule has 1 atom stereocenters. The van der Waals surface area contributed by atoms with Crippen molar-refractivity contribution in [3.8, 4) is 0 Å². The van der Waals surface area contributed by atoms with Gasteiger partial charge in [-0.05, 0) is 43.9 Å². The molecule has 0 radical (unpaired) electrons. The standard InChI is InChI=1S/C11H16ClNO/c1-8(13)7-9-3-2-4-10(12)5-6-11(9)14/h3,5-6,8,14H,2,4,7,13H2,1H3/b9-3?,10-5-,11-6?. The Morgan fingerprint density at radius 2 is 2.29 bits per heavy atom. The molecular formula is C11H16ClNO. The molecule has 3 N–H and O–H groups in total. The van der Waals surface area contributed by atoms with E-state index in [0.29, 0.717) is 6.42 Å². The third-order valence-electron chi connectivity index (χ3n) is 2.07. The molecule has 1 rings (SSSR count). The van der Waals surface area contributed by atoms with Gasteiger partial charge >= 0.3 is 0 Å². The van der Waals surface area contributed by atoms with Crippen molar-refractivity contribution in [3.05, 3.63) is 34.6 Å². The molecule has 0 fully saturated rings. The van der Waals surface area contributed by atoms with Gasteiger partial charge in [0.15, 0.2) is 0 Å². The summed E-state index contributed by atoms with van der Waals surface area (Å²) < 4.78 is 0. The fourth-order valence-corrected chi connectivity index (χ4v) is 1.56. The van der Waals surface area contributed by atoms with E-state index in [0.717, 1.165) is 23.4 Å². The topological polar surface area (TPSA) is 46.2 Å². The summed E-state index contributed by atoms with van der Waals surface area (Å²) in [7, 11) is 0. The van der Waals surface area contributed by atoms with E-state index in [1.165, 1.54) is 0 Å². The Morgan fingerprint density at radius 1 is 1.57 bits per heavy atom. The van der Waals surface area contributed by atoms with Crippen molar-refractivity contribution in [2.75, 3.05) is 0 Å². The lowest BCUT2D eigenvalue weighted by Gasteiger charge is -2.11. The van der Waals surface area contributed by atoms with Gasteiger partial charge in [0.05, 0.1) is 0 Å². The predicted octanol–water partition coefficient (Wildman–Crippen LogP) is 3.01. The lowest BCUT2D eigenvalue weighted by Crippen LogP contribution is -2.16. The number of rotatable bonds is 2. The summed E-state index contributed by atoms with van der Waals surface area (Å²) in [4.78, 5) is 0. The Morgan fingerprint density at radius 3 is 2.93 bits per heavy atom. The van der Waals surface area contributed by atoms with Crippen LogP contribution in [0.3, 0.4) is 0 Å². The van der Waals surface area contributed by atoms with Crippen LogP contribution < -0.4 is 5.73 Å². The second-order valence-corrected chi connectivity index (χ2v) is 4.10. The summed E-state index contributed by atoms with van der Waals surface area (Å²) in [6, 6.07) is 0.0654. The normalized spacial score (nSPS) is 23.8. The van der Waals surface area contributed by atoms with Crippen LogP contribution in [0.2, 0.25) is 0 Å². The van der Waals surface area contributed by atoms with Crippen LogP contribution in [-0.4, -0.2) is 11.1 Å². The Kier molecular flexibility index (Phi) is 4.23. The number of hydrogen-bond acceptors (Lipinski definition) is 2. The minimum atomic E-state index is 0.0654. The average Bonchev–Trinajstić information content (AvgIpc) is 2.10. The highest BCUT2D eigenvalue weighted by atomic mass is 35.5. The SMILES string of the molecule is CC(N)CC1=CCC/C(Cl)=C/C=C1O. The second-order valence-electron chi connectivity index (χ2n) is 3.61. The third kappa shape index (κ3) is 3.56. The predicted molar refractivity (Wildman–Crippen MR) is 60.2 cm³/mol. The van der Waals surface area contributed by atoms with Gasteiger partial charge in [-0.15, -0.1) is 0 Å². The number of nitrogens with two attached hydrogens (primary N) is 1. The molecule has 0 aromatic carbocycles. The van der Waals surface area contributed by atoms with Crippen LogP contribution >= 0.6 is 11.6 Å². The van der Waals surface area contributed by atoms with Crippen molar-refractivity contribution >= 4 is 11.6 Å². The highest BCUT2D eigenvalue weighted by molar-refractivity contribution is 6.29. The minimum Gasteiger partial charge on any atom is -0.508 e. The summed E-state index contributed by atoms with van der Waals surface area (Å²) in [5.41, 5.74) is 6.60. The molecular weight excluding hydrogens is 198 g/mol. The first-order valence-electron chi connectivity index (χ1n) is 4.80. The van der Waals surface area contributed by atoms with E-state index in [1.807, 2.05) is 13.0 Å². The maximum absolute atomic E-state index is 9.67. The molecule has 78 valence electrons. The fourth-order valence-electron chi connectivity index (χ4n) is 1.38. The molecule has 1 unspecified atom stereocenters. The molecule has 0 aromatic rings. The van der Waals surface area contributed by atoms with Crippen LogP contribution in [0.1, 0.15) is 26.2 Å². The van der Waals surface area contributed by atoms with Crippen molar-refractivity contribution in [1.29, 1.82) is 0 Å². The lowest BCUT2D eigenvalue weighted by molar-refractivity contribution is 0.415. The number of allylic oxidation sites excluding steroid dienone is 5. The van der Waals surface area contributed by atoms with Gasteiger partial charge in [-0.3, -0.25) is 0 Å². The monoisotopic (exact) mass is 213 g/mol. The van der Waals surface area contributed by atoms with Crippen molar-refractivity contribution in [2.45, 2.75) is 32.2 Å². The molecule has 0 amide bonds. The molecule has 2 nitrogen and oxygen atoms in total. The van der Waals surface area contributed by atoms with Crippen molar-refractivity contribution < 1.29 is 5.11 Å². The molecule has 0 heterocycles. The van der Waals surface area contributed by atoms with Gasteiger partial charge < -0.3 is 10.8 Å². The van der Waals surface area contributed by atoms with E-state index < -0.39 is 0 Å². The van der Waals surface area contributed by atoms with Gasteiger partial charge in [0.1, 0.15) is 5.76 Å². The molecule has 0 saturated carbocycles. The van der Waals surface area contributed by atoms with Crippen molar-refractivity contribution in [3.63, 3.8) is 0 Å². The van der Waals surface area contributed by atoms with Gasteiger partial charge in [0.2, 0.25) is 0 Å². The highest BCUT2D eigenvalue weighted by Crippen LogP contribution is 2.21. The van der Waals surface area contributed by atoms with Crippen molar-refractivity contribution in [2.24, 2.45) is 5.73 Å². The van der Waals surface area contributed by atoms with E-state index in [1.54, 1.807) is 12.2 Å². The summed E-state index contributed by atoms with van der Waals surface area (Å²) >= 11 is 5.86. The Hall–Kier alpha value is -0.730. The zero-order valence-corrected chi connectivity index (χ0v) is 9.09. The van der Waals surface area contributed by atoms with Crippen LogP contribution in [0.15, 0.2) is 34.6 Å². The molecule has 1 aliphatic carbocycles. The average molecular weight is 214 g/mol. The fraction of sp³-hybridized carbons (Fsp3) is 0.455. The lowest BCUT2D eigenvalue weighted by atomic mass is 10.0. The highest BCUT2D eigenvalue weighted by Gasteiger charge is 2.07. The molecule has 1 aliphatic rings. The quantitative estimate of drug-likeness (QED) is 0.741. The first kappa shape index (κ1) is 11.3. The maximum Gasteiger partial charge on any atom is 0.118 e. The second kappa shape index (κ2) is 5.23. The third-order valence-corrected chi connectivity index (χ3v) is 2.38. The minimum absolute atomic E-state index is 0.0654. The van der Waals surface area contributed by atoms with Crippen LogP contribution in [0.5, 0.6) is 0 Å². The van der Waals surface area contributed by atoms with E-state index >= 15 is 0 Å². The van der Waals surface area contributed by atoms with E-state index in [4.69, 9.17) is 17.3 Å². The Bertz CT molecular complexity index is 290. The van der Waals surface area contributed by atoms with Gasteiger partial charge in [0.25, 0.3) is 0 Å². The smallest absolute Gasteiger partial charge is 0.118 e. The van der Waals surface area contributed by atoms with Gasteiger partial charge in [0, 0.05) is 11.1 Å². The zero-order valence-electron chi connectivity index (χ0n) is 8.33. The van der Waals surface area contributed by atoms with Gasteiger partial charge in [-0.2, -0.15) is 0 Å². The van der Waals surface area contributed by atoms with Crippen LogP contribution in [0.4, 0.5) is 0 Å². The summed E-state index contributed by atoms with van der Waals surface area (Å²) in [6.45, 7) is 1.93. The number of halogens is 1. The number of aliphatic hydroxyl groups is 1. The molecule has 14 heavy (non-hydrogen) atoms. The van der Waals surface area contributed by atoms with E-state index in [2.05, 4.69) is 0 Å². The maximum atomic E-state index is 9.67. The molecule has 3 heteroatoms. The Balaban J connectivity index is 2.79. The largest absolute Gasteiger partial charge is 0.508 e. The Labute approximate surface area is 89.8 Å². The number of aliphatic hydroxyl groups excluding tert-OH is 1. The number of hydrogen-bond donors (Lipinski definition) is 2. The summed E-state index contributed by atoms with van der Waals surface area (Å²) in [6.07, 6.45) is 7.77. The van der Waals surface area contributed by atoms with Gasteiger partial charge in [-0.25, -0.2) is 0 Å². The first-order valence-corrected chi connectivity index (χ1v) is 5.17. The first-order chi connectivity index (χ1) is 6.59.